The number of ether oxygens (including phenoxy) is 1. The SMILES string of the molecule is C=CC(=O)N(C)CCCCC(=O)N1CCN(c2nc(-c3cnc(N)nc3C(F)F)nc(N3CCOCC3)n2)CC1. The molecular formula is C25H34F2N10O3. The molecule has 0 bridgehead atoms. The summed E-state index contributed by atoms with van der Waals surface area (Å²) in [6, 6.07) is 0. The molecule has 2 aromatic rings. The lowest BCUT2D eigenvalue weighted by Crippen LogP contribution is -2.49. The number of rotatable bonds is 10. The van der Waals surface area contributed by atoms with E-state index in [0.717, 1.165) is 6.42 Å². The van der Waals surface area contributed by atoms with Crippen molar-refractivity contribution in [3.8, 4) is 11.4 Å². The van der Waals surface area contributed by atoms with Gasteiger partial charge in [-0.25, -0.2) is 18.7 Å². The summed E-state index contributed by atoms with van der Waals surface area (Å²) in [5, 5.41) is 0. The number of carbonyl (C=O) groups is 2. The molecular weight excluding hydrogens is 526 g/mol. The average Bonchev–Trinajstić information content (AvgIpc) is 2.98. The van der Waals surface area contributed by atoms with Gasteiger partial charge in [-0.15, -0.1) is 0 Å². The van der Waals surface area contributed by atoms with E-state index in [9.17, 15) is 18.4 Å². The van der Waals surface area contributed by atoms with Gasteiger partial charge in [-0.2, -0.15) is 15.0 Å². The normalized spacial score (nSPS) is 15.8. The third kappa shape index (κ3) is 7.14. The second-order valence-electron chi connectivity index (χ2n) is 9.48. The predicted octanol–water partition coefficient (Wildman–Crippen LogP) is 1.15. The molecule has 15 heteroatoms. The number of nitrogens with zero attached hydrogens (tertiary/aromatic N) is 9. The molecule has 0 aliphatic carbocycles. The first-order chi connectivity index (χ1) is 19.3. The lowest BCUT2D eigenvalue weighted by molar-refractivity contribution is -0.131. The van der Waals surface area contributed by atoms with Crippen molar-refractivity contribution in [3.63, 3.8) is 0 Å². The molecule has 2 saturated heterocycles. The summed E-state index contributed by atoms with van der Waals surface area (Å²) in [6.07, 6.45) is 1.35. The maximum absolute atomic E-state index is 13.8. The van der Waals surface area contributed by atoms with E-state index in [1.807, 2.05) is 9.80 Å². The minimum atomic E-state index is -2.90. The number of alkyl halides is 2. The van der Waals surface area contributed by atoms with Crippen LogP contribution in [0.15, 0.2) is 18.9 Å². The molecule has 40 heavy (non-hydrogen) atoms. The molecule has 2 aliphatic heterocycles. The maximum Gasteiger partial charge on any atom is 0.281 e. The van der Waals surface area contributed by atoms with Gasteiger partial charge in [0.25, 0.3) is 6.43 Å². The zero-order valence-corrected chi connectivity index (χ0v) is 22.5. The van der Waals surface area contributed by atoms with Crippen molar-refractivity contribution in [2.75, 3.05) is 81.6 Å². The average molecular weight is 561 g/mol. The van der Waals surface area contributed by atoms with E-state index in [1.54, 1.807) is 16.8 Å². The van der Waals surface area contributed by atoms with Crippen molar-refractivity contribution in [3.05, 3.63) is 24.5 Å². The standard InChI is InChI=1S/C25H34F2N10O3/c1-3-18(38)34(2)7-5-4-6-19(39)35-8-10-36(11-9-35)24-31-22(17-16-29-23(28)30-20(17)21(26)27)32-25(33-24)37-12-14-40-15-13-37/h3,16,21H,1,4-15H2,2H3,(H2,28,29,30). The Balaban J connectivity index is 1.45. The van der Waals surface area contributed by atoms with Crippen molar-refractivity contribution in [1.29, 1.82) is 0 Å². The zero-order chi connectivity index (χ0) is 28.6. The zero-order valence-electron chi connectivity index (χ0n) is 22.5. The van der Waals surface area contributed by atoms with Crippen LogP contribution >= 0.6 is 0 Å². The Morgan fingerprint density at radius 3 is 2.33 bits per heavy atom. The van der Waals surface area contributed by atoms with Gasteiger partial charge in [0.1, 0.15) is 5.69 Å². The molecule has 216 valence electrons. The molecule has 4 heterocycles. The lowest BCUT2D eigenvalue weighted by Gasteiger charge is -2.35. The number of nitrogens with two attached hydrogens (primary N) is 1. The first-order valence-corrected chi connectivity index (χ1v) is 13.2. The van der Waals surface area contributed by atoms with Crippen LogP contribution < -0.4 is 15.5 Å². The number of morpholine rings is 1. The number of piperazine rings is 1. The van der Waals surface area contributed by atoms with Crippen molar-refractivity contribution in [2.24, 2.45) is 0 Å². The highest BCUT2D eigenvalue weighted by Crippen LogP contribution is 2.30. The van der Waals surface area contributed by atoms with Crippen molar-refractivity contribution in [2.45, 2.75) is 25.7 Å². The number of amides is 2. The van der Waals surface area contributed by atoms with Gasteiger partial charge in [0.15, 0.2) is 5.82 Å². The van der Waals surface area contributed by atoms with Crippen LogP contribution in [-0.4, -0.2) is 113 Å². The molecule has 13 nitrogen and oxygen atoms in total. The quantitative estimate of drug-likeness (QED) is 0.330. The first-order valence-electron chi connectivity index (χ1n) is 13.2. The van der Waals surface area contributed by atoms with Gasteiger partial charge in [-0.05, 0) is 18.9 Å². The highest BCUT2D eigenvalue weighted by atomic mass is 19.3. The Hall–Kier alpha value is -4.01. The minimum Gasteiger partial charge on any atom is -0.378 e. The Morgan fingerprint density at radius 2 is 1.70 bits per heavy atom. The van der Waals surface area contributed by atoms with Gasteiger partial charge in [0.2, 0.25) is 29.7 Å². The first kappa shape index (κ1) is 29.0. The topological polar surface area (TPSA) is 147 Å². The predicted molar refractivity (Wildman–Crippen MR) is 144 cm³/mol. The van der Waals surface area contributed by atoms with Crippen molar-refractivity contribution in [1.82, 2.24) is 34.7 Å². The van der Waals surface area contributed by atoms with E-state index < -0.39 is 12.1 Å². The number of nitrogen functional groups attached to an aromatic ring is 1. The third-order valence-electron chi connectivity index (χ3n) is 6.79. The van der Waals surface area contributed by atoms with Crippen LogP contribution in [0.1, 0.15) is 31.4 Å². The van der Waals surface area contributed by atoms with Crippen molar-refractivity contribution < 1.29 is 23.1 Å². The van der Waals surface area contributed by atoms with Crippen LogP contribution in [0.5, 0.6) is 0 Å². The highest BCUT2D eigenvalue weighted by Gasteiger charge is 2.27. The summed E-state index contributed by atoms with van der Waals surface area (Å²) in [6.45, 7) is 7.97. The summed E-state index contributed by atoms with van der Waals surface area (Å²) in [7, 11) is 1.71. The molecule has 0 radical (unpaired) electrons. The van der Waals surface area contributed by atoms with Crippen LogP contribution in [0.25, 0.3) is 11.4 Å². The van der Waals surface area contributed by atoms with Gasteiger partial charge in [0.05, 0.1) is 18.8 Å². The monoisotopic (exact) mass is 560 g/mol. The number of aromatic nitrogens is 5. The molecule has 0 unspecified atom stereocenters. The van der Waals surface area contributed by atoms with Crippen LogP contribution in [-0.2, 0) is 14.3 Å². The van der Waals surface area contributed by atoms with E-state index in [-0.39, 0.29) is 29.2 Å². The highest BCUT2D eigenvalue weighted by molar-refractivity contribution is 5.86. The number of hydrogen-bond donors (Lipinski definition) is 1. The number of halogens is 2. The number of likely N-dealkylation sites (N-methyl/N-ethyl adjacent to an activating group) is 1. The fraction of sp³-hybridized carbons (Fsp3) is 0.560. The van der Waals surface area contributed by atoms with Crippen LogP contribution in [0, 0.1) is 0 Å². The van der Waals surface area contributed by atoms with Gasteiger partial charge in [0, 0.05) is 65.5 Å². The Morgan fingerprint density at radius 1 is 1.05 bits per heavy atom. The lowest BCUT2D eigenvalue weighted by atomic mass is 10.2. The fourth-order valence-electron chi connectivity index (χ4n) is 4.47. The van der Waals surface area contributed by atoms with Crippen LogP contribution in [0.2, 0.25) is 0 Å². The van der Waals surface area contributed by atoms with E-state index in [0.29, 0.717) is 83.8 Å². The maximum atomic E-state index is 13.8. The van der Waals surface area contributed by atoms with Crippen LogP contribution in [0.4, 0.5) is 26.6 Å². The molecule has 4 rings (SSSR count). The van der Waals surface area contributed by atoms with Gasteiger partial charge in [-0.1, -0.05) is 6.58 Å². The number of anilines is 3. The second-order valence-corrected chi connectivity index (χ2v) is 9.48. The Labute approximate surface area is 231 Å². The fourth-order valence-corrected chi connectivity index (χ4v) is 4.47. The van der Waals surface area contributed by atoms with Gasteiger partial charge in [-0.3, -0.25) is 9.59 Å². The van der Waals surface area contributed by atoms with E-state index in [4.69, 9.17) is 10.5 Å². The second kappa shape index (κ2) is 13.4. The van der Waals surface area contributed by atoms with Gasteiger partial charge < -0.3 is 30.1 Å². The van der Waals surface area contributed by atoms with E-state index in [1.165, 1.54) is 12.3 Å². The molecule has 2 aliphatic rings. The van der Waals surface area contributed by atoms with E-state index >= 15 is 0 Å². The smallest absolute Gasteiger partial charge is 0.281 e. The summed E-state index contributed by atoms with van der Waals surface area (Å²) in [5.74, 6) is 0.336. The number of hydrogen-bond acceptors (Lipinski definition) is 11. The van der Waals surface area contributed by atoms with Crippen LogP contribution in [0.3, 0.4) is 0 Å². The molecule has 2 aromatic heterocycles. The summed E-state index contributed by atoms with van der Waals surface area (Å²) < 4.78 is 33.1. The largest absolute Gasteiger partial charge is 0.378 e. The summed E-state index contributed by atoms with van der Waals surface area (Å²) >= 11 is 0. The summed E-state index contributed by atoms with van der Waals surface area (Å²) in [4.78, 5) is 52.8. The molecule has 0 spiro atoms. The number of carbonyl (C=O) groups excluding carboxylic acids is 2. The van der Waals surface area contributed by atoms with Crippen molar-refractivity contribution >= 4 is 29.7 Å². The Kier molecular flexibility index (Phi) is 9.69. The third-order valence-corrected chi connectivity index (χ3v) is 6.79. The number of unbranched alkanes of at least 4 members (excludes halogenated alkanes) is 1. The molecule has 0 aromatic carbocycles. The van der Waals surface area contributed by atoms with E-state index in [2.05, 4.69) is 31.5 Å². The molecule has 2 fully saturated rings. The van der Waals surface area contributed by atoms with Gasteiger partial charge >= 0.3 is 0 Å². The molecule has 0 atom stereocenters. The molecule has 2 amide bonds. The Bertz CT molecular complexity index is 1200. The molecule has 2 N–H and O–H groups in total. The minimum absolute atomic E-state index is 0.0170. The molecule has 0 saturated carbocycles. The summed E-state index contributed by atoms with van der Waals surface area (Å²) in [5.41, 5.74) is 4.99.